The maximum Gasteiger partial charge on any atom is 0.416 e. The largest absolute Gasteiger partial charge is 0.416 e. The van der Waals surface area contributed by atoms with Crippen molar-refractivity contribution in [2.75, 3.05) is 32.5 Å². The van der Waals surface area contributed by atoms with Gasteiger partial charge in [0.05, 0.1) is 16.3 Å². The van der Waals surface area contributed by atoms with Crippen LogP contribution in [0.1, 0.15) is 12.0 Å². The van der Waals surface area contributed by atoms with E-state index in [1.165, 1.54) is 6.07 Å². The van der Waals surface area contributed by atoms with Crippen LogP contribution in [0.2, 0.25) is 5.02 Å². The minimum atomic E-state index is -4.34. The van der Waals surface area contributed by atoms with E-state index in [2.05, 4.69) is 5.32 Å². The number of benzene rings is 1. The van der Waals surface area contributed by atoms with Gasteiger partial charge in [0.25, 0.3) is 0 Å². The van der Waals surface area contributed by atoms with Crippen molar-refractivity contribution in [3.63, 3.8) is 0 Å². The Morgan fingerprint density at radius 1 is 1.28 bits per heavy atom. The summed E-state index contributed by atoms with van der Waals surface area (Å²) in [6, 6.07) is 3.28. The van der Waals surface area contributed by atoms with Gasteiger partial charge < -0.3 is 10.2 Å². The third-order valence-electron chi connectivity index (χ3n) is 2.39. The molecule has 1 aromatic carbocycles. The Balaban J connectivity index is 2.64. The zero-order valence-corrected chi connectivity index (χ0v) is 11.1. The Hall–Kier alpha value is -0.940. The van der Waals surface area contributed by atoms with Crippen LogP contribution in [-0.4, -0.2) is 32.1 Å². The van der Waals surface area contributed by atoms with Gasteiger partial charge in [0.2, 0.25) is 0 Å². The molecule has 0 aliphatic heterocycles. The number of alkyl halides is 3. The molecule has 2 nitrogen and oxygen atoms in total. The van der Waals surface area contributed by atoms with Gasteiger partial charge in [0.15, 0.2) is 0 Å². The highest BCUT2D eigenvalue weighted by Gasteiger charge is 2.30. The number of hydrogen-bond acceptors (Lipinski definition) is 2. The molecule has 0 saturated heterocycles. The smallest absolute Gasteiger partial charge is 0.384 e. The molecular formula is C12H16ClF3N2. The zero-order valence-electron chi connectivity index (χ0n) is 10.3. The molecule has 0 saturated carbocycles. The number of rotatable bonds is 5. The van der Waals surface area contributed by atoms with Gasteiger partial charge >= 0.3 is 6.18 Å². The van der Waals surface area contributed by atoms with Gasteiger partial charge in [-0.2, -0.15) is 13.2 Å². The van der Waals surface area contributed by atoms with Crippen LogP contribution < -0.4 is 5.32 Å². The third-order valence-corrected chi connectivity index (χ3v) is 2.72. The molecule has 0 unspecified atom stereocenters. The molecule has 0 aromatic heterocycles. The van der Waals surface area contributed by atoms with Crippen molar-refractivity contribution in [3.05, 3.63) is 28.8 Å². The molecular weight excluding hydrogens is 265 g/mol. The van der Waals surface area contributed by atoms with Crippen molar-refractivity contribution in [2.24, 2.45) is 0 Å². The molecule has 0 radical (unpaired) electrons. The number of nitrogens with zero attached hydrogens (tertiary/aromatic N) is 1. The lowest BCUT2D eigenvalue weighted by Crippen LogP contribution is -2.16. The summed E-state index contributed by atoms with van der Waals surface area (Å²) in [5, 5.41) is 3.22. The predicted octanol–water partition coefficient (Wildman–Crippen LogP) is 3.72. The molecule has 0 aliphatic rings. The van der Waals surface area contributed by atoms with E-state index < -0.39 is 11.7 Å². The van der Waals surface area contributed by atoms with Crippen LogP contribution in [-0.2, 0) is 6.18 Å². The molecule has 18 heavy (non-hydrogen) atoms. The Labute approximate surface area is 110 Å². The first-order chi connectivity index (χ1) is 8.30. The first-order valence-corrected chi connectivity index (χ1v) is 5.94. The average Bonchev–Trinajstić information content (AvgIpc) is 2.24. The molecule has 1 rings (SSSR count). The van der Waals surface area contributed by atoms with Gasteiger partial charge in [0.1, 0.15) is 0 Å². The van der Waals surface area contributed by atoms with E-state index in [4.69, 9.17) is 11.6 Å². The number of nitrogens with one attached hydrogen (secondary N) is 1. The summed E-state index contributed by atoms with van der Waals surface area (Å²) in [6.45, 7) is 1.45. The zero-order chi connectivity index (χ0) is 13.8. The van der Waals surface area contributed by atoms with E-state index >= 15 is 0 Å². The Morgan fingerprint density at radius 2 is 1.94 bits per heavy atom. The van der Waals surface area contributed by atoms with Gasteiger partial charge in [-0.15, -0.1) is 0 Å². The van der Waals surface area contributed by atoms with Crippen molar-refractivity contribution in [2.45, 2.75) is 12.6 Å². The summed E-state index contributed by atoms with van der Waals surface area (Å²) in [6.07, 6.45) is -3.51. The SMILES string of the molecule is CN(C)CCCNc1cc(C(F)(F)F)ccc1Cl. The normalized spacial score (nSPS) is 11.9. The predicted molar refractivity (Wildman–Crippen MR) is 68.1 cm³/mol. The van der Waals surface area contributed by atoms with Crippen LogP contribution in [0.15, 0.2) is 18.2 Å². The van der Waals surface area contributed by atoms with Crippen LogP contribution >= 0.6 is 11.6 Å². The summed E-state index contributed by atoms with van der Waals surface area (Å²) in [7, 11) is 3.88. The Morgan fingerprint density at radius 3 is 2.50 bits per heavy atom. The van der Waals surface area contributed by atoms with Crippen LogP contribution in [0.3, 0.4) is 0 Å². The molecule has 0 spiro atoms. The monoisotopic (exact) mass is 280 g/mol. The van der Waals surface area contributed by atoms with Gasteiger partial charge in [-0.05, 0) is 45.3 Å². The van der Waals surface area contributed by atoms with Gasteiger partial charge in [0, 0.05) is 6.54 Å². The molecule has 0 atom stereocenters. The fourth-order valence-electron chi connectivity index (χ4n) is 1.46. The molecule has 6 heteroatoms. The topological polar surface area (TPSA) is 15.3 Å². The lowest BCUT2D eigenvalue weighted by Gasteiger charge is -2.13. The van der Waals surface area contributed by atoms with Gasteiger partial charge in [-0.25, -0.2) is 0 Å². The van der Waals surface area contributed by atoms with Crippen molar-refractivity contribution >= 4 is 17.3 Å². The summed E-state index contributed by atoms with van der Waals surface area (Å²) < 4.78 is 37.5. The summed E-state index contributed by atoms with van der Waals surface area (Å²) in [5.41, 5.74) is -0.368. The second-order valence-corrected chi connectivity index (χ2v) is 4.68. The van der Waals surface area contributed by atoms with E-state index in [1.807, 2.05) is 19.0 Å². The lowest BCUT2D eigenvalue weighted by atomic mass is 10.2. The highest BCUT2D eigenvalue weighted by Crippen LogP contribution is 2.33. The fourth-order valence-corrected chi connectivity index (χ4v) is 1.64. The average molecular weight is 281 g/mol. The van der Waals surface area contributed by atoms with Crippen LogP contribution in [0, 0.1) is 0 Å². The first kappa shape index (κ1) is 15.1. The van der Waals surface area contributed by atoms with Crippen molar-refractivity contribution in [3.8, 4) is 0 Å². The Kier molecular flexibility index (Phi) is 5.28. The molecule has 0 fully saturated rings. The second-order valence-electron chi connectivity index (χ2n) is 4.28. The van der Waals surface area contributed by atoms with E-state index in [0.717, 1.165) is 25.1 Å². The fraction of sp³-hybridized carbons (Fsp3) is 0.500. The van der Waals surface area contributed by atoms with E-state index in [-0.39, 0.29) is 0 Å². The maximum atomic E-state index is 12.5. The lowest BCUT2D eigenvalue weighted by molar-refractivity contribution is -0.137. The highest BCUT2D eigenvalue weighted by atomic mass is 35.5. The first-order valence-electron chi connectivity index (χ1n) is 5.56. The second kappa shape index (κ2) is 6.29. The number of hydrogen-bond donors (Lipinski definition) is 1. The van der Waals surface area contributed by atoms with Gasteiger partial charge in [-0.1, -0.05) is 11.6 Å². The quantitative estimate of drug-likeness (QED) is 0.827. The van der Waals surface area contributed by atoms with Crippen LogP contribution in [0.4, 0.5) is 18.9 Å². The van der Waals surface area contributed by atoms with Crippen LogP contribution in [0.5, 0.6) is 0 Å². The summed E-state index contributed by atoms with van der Waals surface area (Å²) >= 11 is 5.85. The molecule has 102 valence electrons. The molecule has 0 amide bonds. The molecule has 1 N–H and O–H groups in total. The Bertz CT molecular complexity index is 391. The van der Waals surface area contributed by atoms with Crippen LogP contribution in [0.25, 0.3) is 0 Å². The minimum Gasteiger partial charge on any atom is -0.384 e. The number of anilines is 1. The van der Waals surface area contributed by atoms with Crippen molar-refractivity contribution < 1.29 is 13.2 Å². The molecule has 1 aromatic rings. The van der Waals surface area contributed by atoms with Crippen molar-refractivity contribution in [1.29, 1.82) is 0 Å². The van der Waals surface area contributed by atoms with E-state index in [9.17, 15) is 13.2 Å². The van der Waals surface area contributed by atoms with Crippen molar-refractivity contribution in [1.82, 2.24) is 4.90 Å². The molecule has 0 aliphatic carbocycles. The summed E-state index contributed by atoms with van der Waals surface area (Å²) in [5.74, 6) is 0. The minimum absolute atomic E-state index is 0.299. The number of halogens is 4. The molecule has 0 heterocycles. The third kappa shape index (κ3) is 4.74. The van der Waals surface area contributed by atoms with E-state index in [1.54, 1.807) is 0 Å². The molecule has 0 bridgehead atoms. The highest BCUT2D eigenvalue weighted by molar-refractivity contribution is 6.33. The summed E-state index contributed by atoms with van der Waals surface area (Å²) in [4.78, 5) is 2.01. The van der Waals surface area contributed by atoms with E-state index in [0.29, 0.717) is 17.3 Å². The maximum absolute atomic E-state index is 12.5. The van der Waals surface area contributed by atoms with Gasteiger partial charge in [-0.3, -0.25) is 0 Å². The standard InChI is InChI=1S/C12H16ClF3N2/c1-18(2)7-3-6-17-11-8-9(12(14,15)16)4-5-10(11)13/h4-5,8,17H,3,6-7H2,1-2H3.